The molecule has 8 heteroatoms. The maximum Gasteiger partial charge on any atom is 0.249 e. The van der Waals surface area contributed by atoms with E-state index >= 15 is 0 Å². The lowest BCUT2D eigenvalue weighted by Crippen LogP contribution is -2.51. The minimum absolute atomic E-state index is 0.125. The first-order valence-corrected chi connectivity index (χ1v) is 10.3. The van der Waals surface area contributed by atoms with Gasteiger partial charge in [0.2, 0.25) is 11.9 Å². The van der Waals surface area contributed by atoms with Crippen LogP contribution < -0.4 is 15.1 Å². The number of nitrogens with zero attached hydrogens (tertiary/aromatic N) is 5. The SMILES string of the molecule is CN(C)Sc1ccc(Nc2ncc3c(n2)N(C)C(CC2CC2)C(=O)N3C)cc1. The van der Waals surface area contributed by atoms with Crippen LogP contribution >= 0.6 is 11.9 Å². The summed E-state index contributed by atoms with van der Waals surface area (Å²) in [5.41, 5.74) is 1.68. The molecule has 1 unspecified atom stereocenters. The molecule has 0 radical (unpaired) electrons. The fraction of sp³-hybridized carbons (Fsp3) is 0.450. The maximum atomic E-state index is 12.8. The van der Waals surface area contributed by atoms with Crippen molar-refractivity contribution in [2.24, 2.45) is 5.92 Å². The minimum atomic E-state index is -0.143. The second-order valence-electron chi connectivity index (χ2n) is 7.66. The van der Waals surface area contributed by atoms with Crippen molar-refractivity contribution in [3.05, 3.63) is 30.5 Å². The maximum absolute atomic E-state index is 12.8. The van der Waals surface area contributed by atoms with Crippen LogP contribution in [0.2, 0.25) is 0 Å². The molecular formula is C20H26N6OS. The molecule has 28 heavy (non-hydrogen) atoms. The van der Waals surface area contributed by atoms with E-state index in [0.29, 0.717) is 11.9 Å². The van der Waals surface area contributed by atoms with Crippen LogP contribution in [0.3, 0.4) is 0 Å². The zero-order valence-electron chi connectivity index (χ0n) is 16.7. The molecule has 1 aliphatic heterocycles. The lowest BCUT2D eigenvalue weighted by molar-refractivity contribution is -0.120. The molecule has 1 N–H and O–H groups in total. The monoisotopic (exact) mass is 398 g/mol. The molecule has 1 aromatic heterocycles. The molecule has 1 aliphatic carbocycles. The molecule has 0 saturated heterocycles. The van der Waals surface area contributed by atoms with Gasteiger partial charge in [0.1, 0.15) is 11.7 Å². The Morgan fingerprint density at radius 1 is 1.21 bits per heavy atom. The Balaban J connectivity index is 1.54. The third-order valence-electron chi connectivity index (χ3n) is 5.18. The molecule has 1 amide bonds. The van der Waals surface area contributed by atoms with Crippen molar-refractivity contribution in [2.75, 3.05) is 43.3 Å². The number of amides is 1. The number of hydrogen-bond acceptors (Lipinski definition) is 7. The lowest BCUT2D eigenvalue weighted by Gasteiger charge is -2.38. The number of rotatable bonds is 6. The van der Waals surface area contributed by atoms with Gasteiger partial charge in [0, 0.05) is 24.7 Å². The molecule has 2 aliphatic rings. The predicted octanol–water partition coefficient (Wildman–Crippen LogP) is 3.37. The minimum Gasteiger partial charge on any atom is -0.346 e. The summed E-state index contributed by atoms with van der Waals surface area (Å²) in [4.78, 5) is 26.8. The summed E-state index contributed by atoms with van der Waals surface area (Å²) in [6, 6.07) is 8.02. The fourth-order valence-corrected chi connectivity index (χ4v) is 4.13. The van der Waals surface area contributed by atoms with Crippen molar-refractivity contribution in [2.45, 2.75) is 30.2 Å². The quantitative estimate of drug-likeness (QED) is 0.749. The van der Waals surface area contributed by atoms with Gasteiger partial charge in [0.05, 0.1) is 6.20 Å². The van der Waals surface area contributed by atoms with Crippen LogP contribution in [0.15, 0.2) is 35.4 Å². The second-order valence-corrected chi connectivity index (χ2v) is 9.04. The van der Waals surface area contributed by atoms with E-state index in [4.69, 9.17) is 4.98 Å². The lowest BCUT2D eigenvalue weighted by atomic mass is 10.0. The van der Waals surface area contributed by atoms with Crippen molar-refractivity contribution in [3.8, 4) is 0 Å². The van der Waals surface area contributed by atoms with E-state index < -0.39 is 0 Å². The summed E-state index contributed by atoms with van der Waals surface area (Å²) in [5.74, 6) is 2.13. The smallest absolute Gasteiger partial charge is 0.249 e. The highest BCUT2D eigenvalue weighted by Gasteiger charge is 2.39. The fourth-order valence-electron chi connectivity index (χ4n) is 3.45. The van der Waals surface area contributed by atoms with Crippen LogP contribution in [0.1, 0.15) is 19.3 Å². The normalized spacial score (nSPS) is 19.2. The summed E-state index contributed by atoms with van der Waals surface area (Å²) in [5, 5.41) is 3.27. The number of carbonyl (C=O) groups excluding carboxylic acids is 1. The average molecular weight is 399 g/mol. The molecule has 4 rings (SSSR count). The highest BCUT2D eigenvalue weighted by atomic mass is 32.2. The van der Waals surface area contributed by atoms with E-state index in [1.54, 1.807) is 23.0 Å². The van der Waals surface area contributed by atoms with E-state index in [2.05, 4.69) is 26.7 Å². The molecule has 2 heterocycles. The van der Waals surface area contributed by atoms with Gasteiger partial charge in [0.25, 0.3) is 0 Å². The Morgan fingerprint density at radius 2 is 1.93 bits per heavy atom. The molecule has 148 valence electrons. The first-order valence-electron chi connectivity index (χ1n) is 9.52. The third kappa shape index (κ3) is 3.93. The van der Waals surface area contributed by atoms with E-state index in [9.17, 15) is 4.79 Å². The van der Waals surface area contributed by atoms with Crippen LogP contribution in [0.25, 0.3) is 0 Å². The van der Waals surface area contributed by atoms with Gasteiger partial charge in [-0.3, -0.25) is 9.10 Å². The molecule has 0 spiro atoms. The molecule has 1 fully saturated rings. The van der Waals surface area contributed by atoms with Crippen LogP contribution in [0, 0.1) is 5.92 Å². The standard InChI is InChI=1S/C20H26N6OS/c1-24(2)28-15-9-7-14(8-10-15)22-20-21-12-17-18(23-20)25(3)16(11-13-5-6-13)19(27)26(17)4/h7-10,12-13,16H,5-6,11H2,1-4H3,(H,21,22,23). The summed E-state index contributed by atoms with van der Waals surface area (Å²) in [7, 11) is 7.81. The van der Waals surface area contributed by atoms with Crippen molar-refractivity contribution in [1.82, 2.24) is 14.3 Å². The number of carbonyl (C=O) groups is 1. The first-order chi connectivity index (χ1) is 13.4. The van der Waals surface area contributed by atoms with Gasteiger partial charge in [-0.05, 0) is 62.6 Å². The van der Waals surface area contributed by atoms with Gasteiger partial charge in [0.15, 0.2) is 5.82 Å². The summed E-state index contributed by atoms with van der Waals surface area (Å²) >= 11 is 1.67. The number of aromatic nitrogens is 2. The molecule has 1 atom stereocenters. The van der Waals surface area contributed by atoms with E-state index in [-0.39, 0.29) is 11.9 Å². The molecule has 7 nitrogen and oxygen atoms in total. The molecular weight excluding hydrogens is 372 g/mol. The van der Waals surface area contributed by atoms with E-state index in [1.807, 2.05) is 45.2 Å². The number of fused-ring (bicyclic) bond motifs is 1. The number of hydrogen-bond donors (Lipinski definition) is 1. The van der Waals surface area contributed by atoms with Gasteiger partial charge in [-0.15, -0.1) is 0 Å². The van der Waals surface area contributed by atoms with Crippen molar-refractivity contribution in [1.29, 1.82) is 0 Å². The summed E-state index contributed by atoms with van der Waals surface area (Å²) in [6.07, 6.45) is 5.08. The van der Waals surface area contributed by atoms with Gasteiger partial charge >= 0.3 is 0 Å². The average Bonchev–Trinajstić information content (AvgIpc) is 3.49. The summed E-state index contributed by atoms with van der Waals surface area (Å²) < 4.78 is 2.06. The summed E-state index contributed by atoms with van der Waals surface area (Å²) in [6.45, 7) is 0. The van der Waals surface area contributed by atoms with Crippen LogP contribution in [0.4, 0.5) is 23.1 Å². The van der Waals surface area contributed by atoms with Crippen molar-refractivity contribution in [3.63, 3.8) is 0 Å². The molecule has 1 saturated carbocycles. The first kappa shape index (κ1) is 19.0. The number of benzene rings is 1. The van der Waals surface area contributed by atoms with E-state index in [1.165, 1.54) is 17.7 Å². The van der Waals surface area contributed by atoms with Gasteiger partial charge in [-0.1, -0.05) is 12.8 Å². The van der Waals surface area contributed by atoms with Gasteiger partial charge in [-0.25, -0.2) is 4.98 Å². The Labute approximate surface area is 170 Å². The number of likely N-dealkylation sites (N-methyl/N-ethyl adjacent to an activating group) is 2. The highest BCUT2D eigenvalue weighted by Crippen LogP contribution is 2.40. The number of nitrogens with one attached hydrogen (secondary N) is 1. The van der Waals surface area contributed by atoms with Gasteiger partial charge in [-0.2, -0.15) is 4.98 Å². The van der Waals surface area contributed by atoms with Crippen molar-refractivity contribution >= 4 is 41.0 Å². The topological polar surface area (TPSA) is 64.6 Å². The Kier molecular flexibility index (Phi) is 5.16. The Bertz CT molecular complexity index is 867. The zero-order chi connectivity index (χ0) is 19.8. The van der Waals surface area contributed by atoms with Crippen LogP contribution in [-0.4, -0.2) is 54.4 Å². The Hall–Kier alpha value is -2.32. The molecule has 1 aromatic carbocycles. The highest BCUT2D eigenvalue weighted by molar-refractivity contribution is 7.97. The van der Waals surface area contributed by atoms with Crippen LogP contribution in [-0.2, 0) is 4.79 Å². The van der Waals surface area contributed by atoms with E-state index in [0.717, 1.165) is 23.6 Å². The largest absolute Gasteiger partial charge is 0.346 e. The zero-order valence-corrected chi connectivity index (χ0v) is 17.5. The van der Waals surface area contributed by atoms with Crippen LogP contribution in [0.5, 0.6) is 0 Å². The number of anilines is 4. The second kappa shape index (κ2) is 7.60. The molecule has 0 bridgehead atoms. The van der Waals surface area contributed by atoms with Gasteiger partial charge < -0.3 is 15.1 Å². The predicted molar refractivity (Wildman–Crippen MR) is 114 cm³/mol. The molecule has 2 aromatic rings. The Morgan fingerprint density at radius 3 is 2.57 bits per heavy atom. The van der Waals surface area contributed by atoms with Crippen molar-refractivity contribution < 1.29 is 4.79 Å². The third-order valence-corrected chi connectivity index (χ3v) is 6.03.